The summed E-state index contributed by atoms with van der Waals surface area (Å²) in [6.07, 6.45) is 1.61. The number of hydrogen-bond donors (Lipinski definition) is 2. The Labute approximate surface area is 288 Å². The molecule has 5 rings (SSSR count). The van der Waals surface area contributed by atoms with E-state index in [1.54, 1.807) is 12.1 Å². The van der Waals surface area contributed by atoms with Crippen LogP contribution in [-0.2, 0) is 0 Å². The Balaban J connectivity index is 1.36. The Hall–Kier alpha value is -4.10. The first-order chi connectivity index (χ1) is 23.3. The van der Waals surface area contributed by atoms with Crippen LogP contribution >= 0.6 is 15.8 Å². The highest BCUT2D eigenvalue weighted by molar-refractivity contribution is 7.73. The second kappa shape index (κ2) is 17.3. The van der Waals surface area contributed by atoms with Crippen LogP contribution in [0, 0.1) is 11.8 Å². The minimum Gasteiger partial charge on any atom is -0.349 e. The lowest BCUT2D eigenvalue weighted by atomic mass is 10.0. The zero-order valence-corrected chi connectivity index (χ0v) is 30.1. The maximum atomic E-state index is 14.0. The van der Waals surface area contributed by atoms with Gasteiger partial charge in [0, 0.05) is 12.1 Å². The molecule has 5 aromatic carbocycles. The van der Waals surface area contributed by atoms with Crippen LogP contribution in [0.15, 0.2) is 146 Å². The molecule has 0 saturated carbocycles. The Kier molecular flexibility index (Phi) is 12.7. The predicted octanol–water partition coefficient (Wildman–Crippen LogP) is 7.46. The molecular formula is C42H46N2O2P2. The van der Waals surface area contributed by atoms with Crippen LogP contribution in [0.25, 0.3) is 0 Å². The minimum absolute atomic E-state index is 0.0798. The van der Waals surface area contributed by atoms with Crippen LogP contribution in [0.4, 0.5) is 0 Å². The number of benzene rings is 5. The molecule has 0 fully saturated rings. The van der Waals surface area contributed by atoms with Crippen molar-refractivity contribution < 1.29 is 9.59 Å². The van der Waals surface area contributed by atoms with E-state index >= 15 is 0 Å². The summed E-state index contributed by atoms with van der Waals surface area (Å²) in [4.78, 5) is 28.1. The topological polar surface area (TPSA) is 58.2 Å². The van der Waals surface area contributed by atoms with Crippen LogP contribution in [0.3, 0.4) is 0 Å². The normalized spacial score (nSPS) is 12.7. The van der Waals surface area contributed by atoms with Gasteiger partial charge in [-0.15, -0.1) is 0 Å². The Bertz CT molecular complexity index is 1520. The van der Waals surface area contributed by atoms with Crippen molar-refractivity contribution in [1.29, 1.82) is 0 Å². The van der Waals surface area contributed by atoms with Gasteiger partial charge >= 0.3 is 0 Å². The minimum atomic E-state index is -0.701. The molecule has 0 aliphatic carbocycles. The third-order valence-electron chi connectivity index (χ3n) is 8.69. The average Bonchev–Trinajstić information content (AvgIpc) is 3.12. The molecule has 5 aromatic rings. The molecule has 0 bridgehead atoms. The summed E-state index contributed by atoms with van der Waals surface area (Å²) in [6, 6.07) is 49.3. The molecule has 0 heterocycles. The molecule has 246 valence electrons. The van der Waals surface area contributed by atoms with Gasteiger partial charge in [-0.05, 0) is 73.4 Å². The molecule has 2 amide bonds. The summed E-state index contributed by atoms with van der Waals surface area (Å²) < 4.78 is 0. The van der Waals surface area contributed by atoms with E-state index in [-0.39, 0.29) is 35.7 Å². The first-order valence-electron chi connectivity index (χ1n) is 16.8. The molecule has 48 heavy (non-hydrogen) atoms. The standard InChI is InChI=1S/C42H46N2O2P2/c1-31(2)39(29-47(33-19-9-5-10-20-33)34-21-11-6-12-22-34)43-41(45)37-27-17-18-28-38(37)42(46)44-40(32(3)4)30-48(35-23-13-7-14-24-35)36-25-15-8-16-26-36/h5-28,31-32,39-40H,29-30H2,1-4H3,(H,43,45)(H,44,46)/t39-,40-/m1/s1. The maximum absolute atomic E-state index is 14.0. The number of carbonyl (C=O) groups excluding carboxylic acids is 2. The van der Waals surface area contributed by atoms with Crippen molar-refractivity contribution in [3.63, 3.8) is 0 Å². The first kappa shape index (κ1) is 35.2. The lowest BCUT2D eigenvalue weighted by molar-refractivity contribution is 0.0896. The summed E-state index contributed by atoms with van der Waals surface area (Å²) in [5, 5.41) is 11.8. The molecule has 2 N–H and O–H groups in total. The van der Waals surface area contributed by atoms with E-state index < -0.39 is 15.8 Å². The third kappa shape index (κ3) is 9.28. The quantitative estimate of drug-likeness (QED) is 0.120. The summed E-state index contributed by atoms with van der Waals surface area (Å²) in [7, 11) is -1.40. The predicted molar refractivity (Wildman–Crippen MR) is 207 cm³/mol. The number of hydrogen-bond acceptors (Lipinski definition) is 2. The largest absolute Gasteiger partial charge is 0.349 e. The molecule has 0 aliphatic heterocycles. The lowest BCUT2D eigenvalue weighted by Crippen LogP contribution is -2.44. The van der Waals surface area contributed by atoms with Gasteiger partial charge in [0.05, 0.1) is 11.1 Å². The fraction of sp³-hybridized carbons (Fsp3) is 0.238. The third-order valence-corrected chi connectivity index (χ3v) is 13.9. The van der Waals surface area contributed by atoms with Crippen molar-refractivity contribution in [1.82, 2.24) is 10.6 Å². The lowest BCUT2D eigenvalue weighted by Gasteiger charge is -2.29. The Morgan fingerprint density at radius 2 is 0.688 bits per heavy atom. The van der Waals surface area contributed by atoms with Crippen molar-refractivity contribution in [3.8, 4) is 0 Å². The summed E-state index contributed by atoms with van der Waals surface area (Å²) in [5.74, 6) is -0.0271. The van der Waals surface area contributed by atoms with E-state index in [9.17, 15) is 9.59 Å². The van der Waals surface area contributed by atoms with E-state index in [4.69, 9.17) is 0 Å². The molecule has 0 radical (unpaired) electrons. The van der Waals surface area contributed by atoms with Crippen LogP contribution in [0.2, 0.25) is 0 Å². The van der Waals surface area contributed by atoms with Gasteiger partial charge in [0.1, 0.15) is 0 Å². The highest BCUT2D eigenvalue weighted by Crippen LogP contribution is 2.37. The summed E-state index contributed by atoms with van der Waals surface area (Å²) >= 11 is 0. The van der Waals surface area contributed by atoms with E-state index in [1.165, 1.54) is 21.2 Å². The van der Waals surface area contributed by atoms with E-state index in [2.05, 4.69) is 135 Å². The van der Waals surface area contributed by atoms with Gasteiger partial charge in [0.2, 0.25) is 0 Å². The fourth-order valence-corrected chi connectivity index (χ4v) is 11.1. The first-order valence-corrected chi connectivity index (χ1v) is 19.8. The van der Waals surface area contributed by atoms with Gasteiger partial charge in [-0.3, -0.25) is 9.59 Å². The van der Waals surface area contributed by atoms with E-state index in [1.807, 2.05) is 36.4 Å². The monoisotopic (exact) mass is 672 g/mol. The van der Waals surface area contributed by atoms with Crippen molar-refractivity contribution in [2.75, 3.05) is 12.3 Å². The van der Waals surface area contributed by atoms with E-state index in [0.717, 1.165) is 12.3 Å². The second-order valence-electron chi connectivity index (χ2n) is 12.8. The molecule has 0 aliphatic rings. The van der Waals surface area contributed by atoms with Gasteiger partial charge in [-0.1, -0.05) is 161 Å². The van der Waals surface area contributed by atoms with Gasteiger partial charge in [-0.2, -0.15) is 0 Å². The zero-order valence-electron chi connectivity index (χ0n) is 28.3. The molecule has 4 nitrogen and oxygen atoms in total. The molecule has 0 saturated heterocycles. The summed E-state index contributed by atoms with van der Waals surface area (Å²) in [5.41, 5.74) is 0.806. The second-order valence-corrected chi connectivity index (χ2v) is 17.3. The molecule has 0 unspecified atom stereocenters. The Morgan fingerprint density at radius 1 is 0.438 bits per heavy atom. The van der Waals surface area contributed by atoms with Gasteiger partial charge in [0.15, 0.2) is 0 Å². The number of rotatable bonds is 14. The van der Waals surface area contributed by atoms with Gasteiger partial charge < -0.3 is 10.6 Å². The van der Waals surface area contributed by atoms with Crippen LogP contribution in [-0.4, -0.2) is 36.2 Å². The average molecular weight is 673 g/mol. The molecule has 0 aromatic heterocycles. The number of carbonyl (C=O) groups is 2. The van der Waals surface area contributed by atoms with Gasteiger partial charge in [0.25, 0.3) is 11.8 Å². The smallest absolute Gasteiger partial charge is 0.252 e. The van der Waals surface area contributed by atoms with E-state index in [0.29, 0.717) is 11.1 Å². The fourth-order valence-electron chi connectivity index (χ4n) is 5.76. The highest BCUT2D eigenvalue weighted by Gasteiger charge is 2.28. The molecular weight excluding hydrogens is 626 g/mol. The van der Waals surface area contributed by atoms with Crippen LogP contribution < -0.4 is 31.9 Å². The highest BCUT2D eigenvalue weighted by atomic mass is 31.1. The number of amides is 2. The summed E-state index contributed by atoms with van der Waals surface area (Å²) in [6.45, 7) is 8.60. The Morgan fingerprint density at radius 3 is 0.938 bits per heavy atom. The molecule has 0 spiro atoms. The van der Waals surface area contributed by atoms with Crippen molar-refractivity contribution in [3.05, 3.63) is 157 Å². The van der Waals surface area contributed by atoms with Gasteiger partial charge in [-0.25, -0.2) is 0 Å². The van der Waals surface area contributed by atoms with Crippen molar-refractivity contribution in [2.24, 2.45) is 11.8 Å². The number of nitrogens with one attached hydrogen (secondary N) is 2. The van der Waals surface area contributed by atoms with Crippen LogP contribution in [0.1, 0.15) is 48.4 Å². The molecule has 2 atom stereocenters. The van der Waals surface area contributed by atoms with Crippen molar-refractivity contribution in [2.45, 2.75) is 39.8 Å². The maximum Gasteiger partial charge on any atom is 0.252 e. The molecule has 6 heteroatoms. The zero-order chi connectivity index (χ0) is 33.9. The van der Waals surface area contributed by atoms with Crippen LogP contribution in [0.5, 0.6) is 0 Å². The SMILES string of the molecule is CC(C)[C@@H](CP(c1ccccc1)c1ccccc1)NC(=O)c1ccccc1C(=O)N[C@H](CP(c1ccccc1)c1ccccc1)C(C)C. The van der Waals surface area contributed by atoms with Crippen molar-refractivity contribution >= 4 is 48.9 Å².